The van der Waals surface area contributed by atoms with E-state index in [1.54, 1.807) is 0 Å². The molecule has 1 saturated carbocycles. The molecule has 0 aliphatic heterocycles. The molecule has 1 aromatic rings. The molecule has 2 unspecified atom stereocenters. The van der Waals surface area contributed by atoms with Crippen LogP contribution in [0.25, 0.3) is 0 Å². The monoisotopic (exact) mass is 569 g/mol. The Morgan fingerprint density at radius 1 is 1.24 bits per heavy atom. The minimum absolute atomic E-state index is 0.0785. The number of hydrogen-bond acceptors (Lipinski definition) is 2. The third kappa shape index (κ3) is 2.86. The van der Waals surface area contributed by atoms with Crippen LogP contribution in [0.4, 0.5) is 0 Å². The molecule has 1 aromatic carbocycles. The fourth-order valence-corrected chi connectivity index (χ4v) is 5.74. The SMILES string of the molecule is CC1(C)C(N)CC1Oc1c(I)cc(I)cc1I. The topological polar surface area (TPSA) is 35.2 Å². The number of rotatable bonds is 2. The molecule has 0 amide bonds. The third-order valence-electron chi connectivity index (χ3n) is 3.48. The van der Waals surface area contributed by atoms with Crippen LogP contribution >= 0.6 is 67.8 Å². The summed E-state index contributed by atoms with van der Waals surface area (Å²) in [6.45, 7) is 4.36. The molecular formula is C12H14I3NO. The summed E-state index contributed by atoms with van der Waals surface area (Å²) in [6, 6.07) is 4.54. The maximum absolute atomic E-state index is 6.15. The Morgan fingerprint density at radius 3 is 2.18 bits per heavy atom. The average molecular weight is 569 g/mol. The first-order valence-corrected chi connectivity index (χ1v) is 8.62. The van der Waals surface area contributed by atoms with Crippen molar-refractivity contribution in [2.75, 3.05) is 0 Å². The quantitative estimate of drug-likeness (QED) is 0.548. The largest absolute Gasteiger partial charge is 0.488 e. The van der Waals surface area contributed by atoms with E-state index in [1.165, 1.54) is 10.7 Å². The number of halogens is 3. The van der Waals surface area contributed by atoms with Crippen molar-refractivity contribution in [2.45, 2.75) is 32.4 Å². The molecule has 0 radical (unpaired) electrons. The fourth-order valence-electron chi connectivity index (χ4n) is 1.90. The molecule has 0 aromatic heterocycles. The van der Waals surface area contributed by atoms with Crippen molar-refractivity contribution in [1.82, 2.24) is 0 Å². The van der Waals surface area contributed by atoms with Crippen molar-refractivity contribution in [3.8, 4) is 5.75 Å². The van der Waals surface area contributed by atoms with Gasteiger partial charge in [-0.1, -0.05) is 13.8 Å². The standard InChI is InChI=1S/C12H14I3NO/c1-12(2)9(16)5-10(12)17-11-7(14)3-6(13)4-8(11)15/h3-4,9-10H,5,16H2,1-2H3. The second-order valence-electron chi connectivity index (χ2n) is 4.97. The van der Waals surface area contributed by atoms with Crippen molar-refractivity contribution in [1.29, 1.82) is 0 Å². The van der Waals surface area contributed by atoms with Crippen molar-refractivity contribution < 1.29 is 4.74 Å². The van der Waals surface area contributed by atoms with Gasteiger partial charge in [0.05, 0.1) is 7.14 Å². The number of nitrogens with two attached hydrogens (primary N) is 1. The predicted octanol–water partition coefficient (Wildman–Crippen LogP) is 4.01. The van der Waals surface area contributed by atoms with Gasteiger partial charge in [0, 0.05) is 21.4 Å². The lowest BCUT2D eigenvalue weighted by molar-refractivity contribution is -0.0409. The number of hydrogen-bond donors (Lipinski definition) is 1. The Hall–Kier alpha value is 1.17. The summed E-state index contributed by atoms with van der Waals surface area (Å²) in [7, 11) is 0. The van der Waals surface area contributed by atoms with E-state index in [9.17, 15) is 0 Å². The summed E-state index contributed by atoms with van der Waals surface area (Å²) in [5.41, 5.74) is 6.09. The lowest BCUT2D eigenvalue weighted by atomic mass is 9.65. The summed E-state index contributed by atoms with van der Waals surface area (Å²) in [6.07, 6.45) is 1.19. The van der Waals surface area contributed by atoms with Gasteiger partial charge < -0.3 is 10.5 Å². The second kappa shape index (κ2) is 5.28. The summed E-state index contributed by atoms with van der Waals surface area (Å²) < 4.78 is 9.75. The molecule has 0 saturated heterocycles. The van der Waals surface area contributed by atoms with Crippen molar-refractivity contribution in [3.63, 3.8) is 0 Å². The van der Waals surface area contributed by atoms with Crippen LogP contribution in [0, 0.1) is 16.1 Å². The van der Waals surface area contributed by atoms with Crippen LogP contribution in [0.1, 0.15) is 20.3 Å². The van der Waals surface area contributed by atoms with Gasteiger partial charge >= 0.3 is 0 Å². The summed E-state index contributed by atoms with van der Waals surface area (Å²) in [5.74, 6) is 1.01. The molecule has 94 valence electrons. The Labute approximate surface area is 143 Å². The van der Waals surface area contributed by atoms with Gasteiger partial charge in [-0.3, -0.25) is 0 Å². The van der Waals surface area contributed by atoms with Crippen LogP contribution in [-0.4, -0.2) is 12.1 Å². The van der Waals surface area contributed by atoms with Gasteiger partial charge in [0.15, 0.2) is 0 Å². The lowest BCUT2D eigenvalue weighted by Gasteiger charge is -2.49. The Bertz CT molecular complexity index is 424. The molecule has 1 aliphatic rings. The Morgan fingerprint density at radius 2 is 1.76 bits per heavy atom. The van der Waals surface area contributed by atoms with E-state index >= 15 is 0 Å². The van der Waals surface area contributed by atoms with Gasteiger partial charge in [-0.05, 0) is 79.9 Å². The highest BCUT2D eigenvalue weighted by Crippen LogP contribution is 2.43. The minimum atomic E-state index is 0.0785. The highest BCUT2D eigenvalue weighted by Gasteiger charge is 2.48. The summed E-state index contributed by atoms with van der Waals surface area (Å²) >= 11 is 7.00. The van der Waals surface area contributed by atoms with E-state index in [-0.39, 0.29) is 17.6 Å². The van der Waals surface area contributed by atoms with Crippen LogP contribution in [0.3, 0.4) is 0 Å². The molecule has 2 N–H and O–H groups in total. The molecular weight excluding hydrogens is 555 g/mol. The molecule has 2 atom stereocenters. The molecule has 1 fully saturated rings. The normalized spacial score (nSPS) is 26.5. The third-order valence-corrected chi connectivity index (χ3v) is 5.70. The average Bonchev–Trinajstić information content (AvgIpc) is 2.21. The number of ether oxygens (including phenoxy) is 1. The fraction of sp³-hybridized carbons (Fsp3) is 0.500. The van der Waals surface area contributed by atoms with Gasteiger partial charge in [-0.15, -0.1) is 0 Å². The molecule has 2 rings (SSSR count). The van der Waals surface area contributed by atoms with Crippen LogP contribution in [-0.2, 0) is 0 Å². The molecule has 0 bridgehead atoms. The Balaban J connectivity index is 2.21. The van der Waals surface area contributed by atoms with E-state index in [0.29, 0.717) is 0 Å². The van der Waals surface area contributed by atoms with E-state index in [1.807, 2.05) is 0 Å². The second-order valence-corrected chi connectivity index (χ2v) is 8.54. The highest BCUT2D eigenvalue weighted by molar-refractivity contribution is 14.1. The molecule has 0 spiro atoms. The van der Waals surface area contributed by atoms with E-state index in [0.717, 1.165) is 12.2 Å². The molecule has 5 heteroatoms. The van der Waals surface area contributed by atoms with E-state index in [4.69, 9.17) is 10.5 Å². The van der Waals surface area contributed by atoms with Crippen molar-refractivity contribution in [3.05, 3.63) is 22.8 Å². The maximum Gasteiger partial charge on any atom is 0.146 e. The summed E-state index contributed by atoms with van der Waals surface area (Å²) in [5, 5.41) is 0. The van der Waals surface area contributed by atoms with Gasteiger partial charge in [0.2, 0.25) is 0 Å². The zero-order valence-electron chi connectivity index (χ0n) is 9.64. The highest BCUT2D eigenvalue weighted by atomic mass is 127. The van der Waals surface area contributed by atoms with Gasteiger partial charge in [0.25, 0.3) is 0 Å². The maximum atomic E-state index is 6.15. The molecule has 0 heterocycles. The first kappa shape index (κ1) is 14.6. The minimum Gasteiger partial charge on any atom is -0.488 e. The first-order chi connectivity index (χ1) is 7.82. The van der Waals surface area contributed by atoms with Crippen LogP contribution in [0.15, 0.2) is 12.1 Å². The summed E-state index contributed by atoms with van der Waals surface area (Å²) in [4.78, 5) is 0. The van der Waals surface area contributed by atoms with Crippen LogP contribution in [0.2, 0.25) is 0 Å². The molecule has 2 nitrogen and oxygen atoms in total. The van der Waals surface area contributed by atoms with Gasteiger partial charge in [-0.2, -0.15) is 0 Å². The molecule has 17 heavy (non-hydrogen) atoms. The van der Waals surface area contributed by atoms with Crippen LogP contribution in [0.5, 0.6) is 5.75 Å². The molecule has 1 aliphatic carbocycles. The van der Waals surface area contributed by atoms with Crippen LogP contribution < -0.4 is 10.5 Å². The Kier molecular flexibility index (Phi) is 4.52. The lowest BCUT2D eigenvalue weighted by Crippen LogP contribution is -2.60. The van der Waals surface area contributed by atoms with Gasteiger partial charge in [-0.25, -0.2) is 0 Å². The smallest absolute Gasteiger partial charge is 0.146 e. The number of benzene rings is 1. The zero-order chi connectivity index (χ0) is 12.8. The van der Waals surface area contributed by atoms with Crippen molar-refractivity contribution >= 4 is 67.8 Å². The van der Waals surface area contributed by atoms with Gasteiger partial charge in [0.1, 0.15) is 11.9 Å². The van der Waals surface area contributed by atoms with Crippen molar-refractivity contribution in [2.24, 2.45) is 11.1 Å². The first-order valence-electron chi connectivity index (χ1n) is 5.39. The zero-order valence-corrected chi connectivity index (χ0v) is 16.1. The van der Waals surface area contributed by atoms with E-state index < -0.39 is 0 Å². The van der Waals surface area contributed by atoms with E-state index in [2.05, 4.69) is 93.8 Å². The predicted molar refractivity (Wildman–Crippen MR) is 95.4 cm³/mol.